The van der Waals surface area contributed by atoms with Crippen molar-refractivity contribution in [2.75, 3.05) is 4.90 Å². The zero-order valence-electron chi connectivity index (χ0n) is 16.8. The van der Waals surface area contributed by atoms with Crippen LogP contribution in [0.1, 0.15) is 37.2 Å². The zero-order valence-corrected chi connectivity index (χ0v) is 18.4. The van der Waals surface area contributed by atoms with Gasteiger partial charge in [-0.25, -0.2) is 0 Å². The van der Waals surface area contributed by atoms with Crippen LogP contribution < -0.4 is 4.90 Å². The topological polar surface area (TPSA) is 46.6 Å². The first-order chi connectivity index (χ1) is 14.4. The monoisotopic (exact) mass is 463 g/mol. The van der Waals surface area contributed by atoms with Crippen LogP contribution >= 0.6 is 15.9 Å². The molecule has 0 bridgehead atoms. The van der Waals surface area contributed by atoms with Gasteiger partial charge in [-0.2, -0.15) is 0 Å². The van der Waals surface area contributed by atoms with E-state index < -0.39 is 17.9 Å². The predicted molar refractivity (Wildman–Crippen MR) is 120 cm³/mol. The van der Waals surface area contributed by atoms with Crippen molar-refractivity contribution in [3.63, 3.8) is 0 Å². The highest BCUT2D eigenvalue weighted by atomic mass is 79.9. The summed E-state index contributed by atoms with van der Waals surface area (Å²) in [6.45, 7) is 2.87. The number of ketones is 2. The van der Waals surface area contributed by atoms with Gasteiger partial charge in [-0.1, -0.05) is 76.6 Å². The molecule has 152 valence electrons. The Labute approximate surface area is 184 Å². The third-order valence-electron chi connectivity index (χ3n) is 5.58. The first-order valence-electron chi connectivity index (χ1n) is 9.79. The minimum absolute atomic E-state index is 0.301. The summed E-state index contributed by atoms with van der Waals surface area (Å²) >= 11 is 3.47. The molecule has 0 aromatic heterocycles. The molecule has 4 nitrogen and oxygen atoms in total. The Kier molecular flexibility index (Phi) is 5.58. The number of ether oxygens (including phenoxy) is 1. The fourth-order valence-corrected chi connectivity index (χ4v) is 4.46. The molecule has 1 aliphatic heterocycles. The van der Waals surface area contributed by atoms with Crippen molar-refractivity contribution >= 4 is 33.2 Å². The molecular weight excluding hydrogens is 442 g/mol. The fraction of sp³-hybridized carbons (Fsp3) is 0.200. The highest BCUT2D eigenvalue weighted by Gasteiger charge is 2.60. The zero-order chi connectivity index (χ0) is 21.3. The van der Waals surface area contributed by atoms with Gasteiger partial charge in [0.05, 0.1) is 0 Å². The van der Waals surface area contributed by atoms with Crippen molar-refractivity contribution in [1.29, 1.82) is 0 Å². The number of carbonyl (C=O) groups is 2. The van der Waals surface area contributed by atoms with Crippen molar-refractivity contribution in [2.45, 2.75) is 31.7 Å². The second-order valence-corrected chi connectivity index (χ2v) is 8.34. The number of Topliss-reactive ketones (excluding diaryl/α,β-unsaturated/α-hetero) is 2. The summed E-state index contributed by atoms with van der Waals surface area (Å²) in [6.07, 6.45) is -0.599. The van der Waals surface area contributed by atoms with E-state index in [2.05, 4.69) is 15.9 Å². The lowest BCUT2D eigenvalue weighted by Gasteiger charge is -2.34. The molecule has 0 saturated carbocycles. The number of benzene rings is 3. The van der Waals surface area contributed by atoms with E-state index in [1.54, 1.807) is 0 Å². The first kappa shape index (κ1) is 20.5. The second kappa shape index (κ2) is 8.17. The van der Waals surface area contributed by atoms with Gasteiger partial charge in [-0.3, -0.25) is 9.59 Å². The Hall–Kier alpha value is -2.76. The number of carbonyl (C=O) groups excluding carboxylic acids is 2. The normalized spacial score (nSPS) is 20.2. The van der Waals surface area contributed by atoms with Gasteiger partial charge < -0.3 is 9.64 Å². The SMILES string of the molecule is CC(=O)C1(C(C)=O)O[C@H](c2ccc(Br)cc2)N(c2ccccc2)[C@H]1c1ccccc1. The van der Waals surface area contributed by atoms with Crippen molar-refractivity contribution in [3.05, 3.63) is 101 Å². The second-order valence-electron chi connectivity index (χ2n) is 7.43. The largest absolute Gasteiger partial charge is 0.331 e. The van der Waals surface area contributed by atoms with E-state index in [0.29, 0.717) is 0 Å². The average Bonchev–Trinajstić information content (AvgIpc) is 3.13. The Balaban J connectivity index is 1.98. The summed E-state index contributed by atoms with van der Waals surface area (Å²) in [4.78, 5) is 28.1. The van der Waals surface area contributed by atoms with Crippen molar-refractivity contribution < 1.29 is 14.3 Å². The quantitative estimate of drug-likeness (QED) is 0.459. The van der Waals surface area contributed by atoms with Gasteiger partial charge in [0, 0.05) is 15.7 Å². The van der Waals surface area contributed by atoms with Crippen LogP contribution in [0.5, 0.6) is 0 Å². The molecule has 30 heavy (non-hydrogen) atoms. The van der Waals surface area contributed by atoms with Gasteiger partial charge in [0.1, 0.15) is 6.04 Å². The first-order valence-corrected chi connectivity index (χ1v) is 10.6. The van der Waals surface area contributed by atoms with Crippen molar-refractivity contribution in [2.24, 2.45) is 0 Å². The number of hydrogen-bond donors (Lipinski definition) is 0. The standard InChI is InChI=1S/C25H22BrNO3/c1-17(28)25(18(2)29)23(19-9-5-3-6-10-19)27(22-11-7-4-8-12-22)24(30-25)20-13-15-21(26)16-14-20/h3-16,23-24H,1-2H3/t23-,24+/m0/s1. The summed E-state index contributed by atoms with van der Waals surface area (Å²) < 4.78 is 7.39. The van der Waals surface area contributed by atoms with Gasteiger partial charge in [0.25, 0.3) is 0 Å². The third-order valence-corrected chi connectivity index (χ3v) is 6.11. The highest BCUT2D eigenvalue weighted by Crippen LogP contribution is 2.52. The number of anilines is 1. The number of hydrogen-bond acceptors (Lipinski definition) is 4. The Morgan fingerprint density at radius 3 is 1.87 bits per heavy atom. The van der Waals surface area contributed by atoms with Crippen LogP contribution in [0.25, 0.3) is 0 Å². The minimum Gasteiger partial charge on any atom is -0.331 e. The highest BCUT2D eigenvalue weighted by molar-refractivity contribution is 9.10. The molecule has 1 aliphatic rings. The number of para-hydroxylation sites is 1. The van der Waals surface area contributed by atoms with E-state index >= 15 is 0 Å². The van der Waals surface area contributed by atoms with Crippen LogP contribution in [0.2, 0.25) is 0 Å². The molecule has 1 fully saturated rings. The van der Waals surface area contributed by atoms with Crippen LogP contribution in [0, 0.1) is 0 Å². The maximum Gasteiger partial charge on any atom is 0.210 e. The minimum atomic E-state index is -1.60. The van der Waals surface area contributed by atoms with Gasteiger partial charge in [0.2, 0.25) is 5.60 Å². The molecule has 0 amide bonds. The molecule has 4 rings (SSSR count). The molecule has 1 heterocycles. The van der Waals surface area contributed by atoms with Crippen molar-refractivity contribution in [3.8, 4) is 0 Å². The fourth-order valence-electron chi connectivity index (χ4n) is 4.20. The van der Waals surface area contributed by atoms with E-state index in [0.717, 1.165) is 21.3 Å². The maximum atomic E-state index is 13.0. The summed E-state index contributed by atoms with van der Waals surface area (Å²) in [6, 6.07) is 26.6. The third kappa shape index (κ3) is 3.38. The van der Waals surface area contributed by atoms with Gasteiger partial charge in [-0.05, 0) is 43.7 Å². The Morgan fingerprint density at radius 2 is 1.33 bits per heavy atom. The molecule has 0 aliphatic carbocycles. The van der Waals surface area contributed by atoms with Crippen LogP contribution in [0.3, 0.4) is 0 Å². The van der Waals surface area contributed by atoms with Gasteiger partial charge in [0.15, 0.2) is 17.8 Å². The van der Waals surface area contributed by atoms with Crippen LogP contribution in [0.15, 0.2) is 89.4 Å². The molecule has 0 radical (unpaired) electrons. The van der Waals surface area contributed by atoms with E-state index in [4.69, 9.17) is 4.74 Å². The average molecular weight is 464 g/mol. The van der Waals surface area contributed by atoms with E-state index in [1.807, 2.05) is 89.8 Å². The van der Waals surface area contributed by atoms with Crippen molar-refractivity contribution in [1.82, 2.24) is 0 Å². The predicted octanol–water partition coefficient (Wildman–Crippen LogP) is 5.64. The summed E-state index contributed by atoms with van der Waals surface area (Å²) in [7, 11) is 0. The lowest BCUT2D eigenvalue weighted by Crippen LogP contribution is -2.50. The smallest absolute Gasteiger partial charge is 0.210 e. The molecule has 3 aromatic carbocycles. The molecule has 0 N–H and O–H groups in total. The van der Waals surface area contributed by atoms with Crippen LogP contribution in [0.4, 0.5) is 5.69 Å². The number of halogens is 1. The van der Waals surface area contributed by atoms with Crippen LogP contribution in [-0.2, 0) is 14.3 Å². The summed E-state index contributed by atoms with van der Waals surface area (Å²) in [5.41, 5.74) is 0.997. The molecule has 2 atom stereocenters. The maximum absolute atomic E-state index is 13.0. The van der Waals surface area contributed by atoms with Gasteiger partial charge >= 0.3 is 0 Å². The van der Waals surface area contributed by atoms with Gasteiger partial charge in [-0.15, -0.1) is 0 Å². The molecule has 3 aromatic rings. The Bertz CT molecular complexity index is 1040. The summed E-state index contributed by atoms with van der Waals surface area (Å²) in [5.74, 6) is -0.603. The van der Waals surface area contributed by atoms with Crippen LogP contribution in [-0.4, -0.2) is 17.2 Å². The number of nitrogens with zero attached hydrogens (tertiary/aromatic N) is 1. The molecule has 1 saturated heterocycles. The molecular formula is C25H22BrNO3. The molecule has 0 spiro atoms. The lowest BCUT2D eigenvalue weighted by molar-refractivity contribution is -0.155. The lowest BCUT2D eigenvalue weighted by atomic mass is 9.82. The summed E-state index contributed by atoms with van der Waals surface area (Å²) in [5, 5.41) is 0. The number of rotatable bonds is 5. The van der Waals surface area contributed by atoms with E-state index in [9.17, 15) is 9.59 Å². The van der Waals surface area contributed by atoms with E-state index in [-0.39, 0.29) is 11.6 Å². The van der Waals surface area contributed by atoms with E-state index in [1.165, 1.54) is 13.8 Å². The Morgan fingerprint density at radius 1 is 0.800 bits per heavy atom. The molecule has 0 unspecified atom stereocenters. The molecule has 5 heteroatoms.